The van der Waals surface area contributed by atoms with Crippen LogP contribution in [-0.4, -0.2) is 50.7 Å². The number of hydrogen-bond acceptors (Lipinski definition) is 4. The minimum absolute atomic E-state index is 0.197. The molecule has 1 aliphatic heterocycles. The highest BCUT2D eigenvalue weighted by atomic mass is 19.1. The SMILES string of the molecule is C[C@]1(O)CCN(C(=O)c2ncc[nH]2)C[C@@H]1Oc1cccc(F)c1. The molecule has 23 heavy (non-hydrogen) atoms. The molecule has 3 rings (SSSR count). The summed E-state index contributed by atoms with van der Waals surface area (Å²) in [7, 11) is 0. The molecule has 2 aromatic rings. The summed E-state index contributed by atoms with van der Waals surface area (Å²) >= 11 is 0. The van der Waals surface area contributed by atoms with Gasteiger partial charge in [-0.3, -0.25) is 4.79 Å². The van der Waals surface area contributed by atoms with Crippen molar-refractivity contribution in [2.45, 2.75) is 25.0 Å². The number of nitrogens with zero attached hydrogens (tertiary/aromatic N) is 2. The van der Waals surface area contributed by atoms with E-state index in [1.54, 1.807) is 24.1 Å². The molecular formula is C16H18FN3O3. The van der Waals surface area contributed by atoms with E-state index in [0.717, 1.165) is 0 Å². The fourth-order valence-corrected chi connectivity index (χ4v) is 2.60. The summed E-state index contributed by atoms with van der Waals surface area (Å²) in [5.41, 5.74) is -1.10. The zero-order valence-corrected chi connectivity index (χ0v) is 12.7. The van der Waals surface area contributed by atoms with Crippen molar-refractivity contribution in [3.05, 3.63) is 48.3 Å². The molecule has 2 heterocycles. The highest BCUT2D eigenvalue weighted by Gasteiger charge is 2.41. The Bertz CT molecular complexity index is 688. The number of aromatic nitrogens is 2. The van der Waals surface area contributed by atoms with Crippen molar-refractivity contribution in [2.75, 3.05) is 13.1 Å². The number of ether oxygens (including phenoxy) is 1. The first-order chi connectivity index (χ1) is 11.0. The lowest BCUT2D eigenvalue weighted by Crippen LogP contribution is -2.57. The van der Waals surface area contributed by atoms with Gasteiger partial charge in [-0.2, -0.15) is 0 Å². The van der Waals surface area contributed by atoms with E-state index in [-0.39, 0.29) is 18.3 Å². The number of hydrogen-bond donors (Lipinski definition) is 2. The first kappa shape index (κ1) is 15.5. The number of carbonyl (C=O) groups excluding carboxylic acids is 1. The molecule has 1 amide bonds. The van der Waals surface area contributed by atoms with Crippen LogP contribution in [0.2, 0.25) is 0 Å². The normalized spacial score (nSPS) is 24.5. The lowest BCUT2D eigenvalue weighted by molar-refractivity contribution is -0.0883. The first-order valence-electron chi connectivity index (χ1n) is 7.39. The Morgan fingerprint density at radius 1 is 1.57 bits per heavy atom. The van der Waals surface area contributed by atoms with E-state index >= 15 is 0 Å². The molecule has 2 N–H and O–H groups in total. The molecule has 0 saturated carbocycles. The van der Waals surface area contributed by atoms with Crippen LogP contribution in [0.4, 0.5) is 4.39 Å². The Labute approximate surface area is 132 Å². The van der Waals surface area contributed by atoms with Crippen LogP contribution >= 0.6 is 0 Å². The second-order valence-corrected chi connectivity index (χ2v) is 5.86. The molecule has 7 heteroatoms. The van der Waals surface area contributed by atoms with Crippen molar-refractivity contribution < 1.29 is 19.0 Å². The van der Waals surface area contributed by atoms with Crippen LogP contribution < -0.4 is 4.74 Å². The van der Waals surface area contributed by atoms with Crippen molar-refractivity contribution in [1.29, 1.82) is 0 Å². The summed E-state index contributed by atoms with van der Waals surface area (Å²) in [5, 5.41) is 10.5. The van der Waals surface area contributed by atoms with Gasteiger partial charge in [0.15, 0.2) is 5.82 Å². The lowest BCUT2D eigenvalue weighted by atomic mass is 9.90. The Hall–Kier alpha value is -2.41. The van der Waals surface area contributed by atoms with Crippen LogP contribution in [0, 0.1) is 5.82 Å². The minimum Gasteiger partial charge on any atom is -0.485 e. The van der Waals surface area contributed by atoms with E-state index < -0.39 is 17.5 Å². The van der Waals surface area contributed by atoms with Crippen LogP contribution in [0.1, 0.15) is 24.0 Å². The van der Waals surface area contributed by atoms with Gasteiger partial charge in [-0.1, -0.05) is 6.07 Å². The van der Waals surface area contributed by atoms with E-state index in [0.29, 0.717) is 18.7 Å². The van der Waals surface area contributed by atoms with Gasteiger partial charge in [-0.15, -0.1) is 0 Å². The lowest BCUT2D eigenvalue weighted by Gasteiger charge is -2.42. The number of benzene rings is 1. The summed E-state index contributed by atoms with van der Waals surface area (Å²) in [6.07, 6.45) is 2.79. The zero-order chi connectivity index (χ0) is 16.4. The van der Waals surface area contributed by atoms with Gasteiger partial charge >= 0.3 is 0 Å². The van der Waals surface area contributed by atoms with Crippen molar-refractivity contribution in [2.24, 2.45) is 0 Å². The smallest absolute Gasteiger partial charge is 0.289 e. The third-order valence-corrected chi connectivity index (χ3v) is 4.03. The molecule has 1 saturated heterocycles. The third-order valence-electron chi connectivity index (χ3n) is 4.03. The summed E-state index contributed by atoms with van der Waals surface area (Å²) in [6, 6.07) is 5.72. The van der Waals surface area contributed by atoms with Gasteiger partial charge in [-0.05, 0) is 25.5 Å². The van der Waals surface area contributed by atoms with Crippen LogP contribution in [0.15, 0.2) is 36.7 Å². The molecule has 1 aromatic heterocycles. The van der Waals surface area contributed by atoms with Gasteiger partial charge in [0.25, 0.3) is 5.91 Å². The number of imidazole rings is 1. The van der Waals surface area contributed by atoms with Crippen LogP contribution in [0.5, 0.6) is 5.75 Å². The molecule has 2 atom stereocenters. The van der Waals surface area contributed by atoms with Crippen molar-refractivity contribution in [1.82, 2.24) is 14.9 Å². The Kier molecular flexibility index (Phi) is 4.04. The average Bonchev–Trinajstić information content (AvgIpc) is 3.03. The molecule has 0 unspecified atom stereocenters. The van der Waals surface area contributed by atoms with Gasteiger partial charge in [-0.25, -0.2) is 9.37 Å². The quantitative estimate of drug-likeness (QED) is 0.900. The molecule has 1 fully saturated rings. The monoisotopic (exact) mass is 319 g/mol. The molecule has 1 aliphatic rings. The van der Waals surface area contributed by atoms with Crippen molar-refractivity contribution >= 4 is 5.91 Å². The zero-order valence-electron chi connectivity index (χ0n) is 12.7. The maximum atomic E-state index is 13.3. The highest BCUT2D eigenvalue weighted by molar-refractivity contribution is 5.90. The topological polar surface area (TPSA) is 78.5 Å². The van der Waals surface area contributed by atoms with E-state index in [4.69, 9.17) is 4.74 Å². The van der Waals surface area contributed by atoms with Gasteiger partial charge in [0, 0.05) is 25.0 Å². The van der Waals surface area contributed by atoms with Crippen LogP contribution in [-0.2, 0) is 0 Å². The minimum atomic E-state index is -1.10. The number of H-pyrrole nitrogens is 1. The Morgan fingerprint density at radius 3 is 3.09 bits per heavy atom. The number of aliphatic hydroxyl groups is 1. The van der Waals surface area contributed by atoms with E-state index in [9.17, 15) is 14.3 Å². The Morgan fingerprint density at radius 2 is 2.39 bits per heavy atom. The number of nitrogens with one attached hydrogen (secondary N) is 1. The number of likely N-dealkylation sites (tertiary alicyclic amines) is 1. The van der Waals surface area contributed by atoms with Crippen LogP contribution in [0.25, 0.3) is 0 Å². The largest absolute Gasteiger partial charge is 0.485 e. The van der Waals surface area contributed by atoms with Gasteiger partial charge in [0.2, 0.25) is 0 Å². The number of carbonyl (C=O) groups is 1. The number of piperidine rings is 1. The summed E-state index contributed by atoms with van der Waals surface area (Å²) < 4.78 is 19.0. The highest BCUT2D eigenvalue weighted by Crippen LogP contribution is 2.27. The predicted molar refractivity (Wildman–Crippen MR) is 80.5 cm³/mol. The maximum absolute atomic E-state index is 13.3. The number of amides is 1. The number of rotatable bonds is 3. The Balaban J connectivity index is 1.75. The standard InChI is InChI=1S/C16H18FN3O3/c1-16(22)5-8-20(15(21)14-18-6-7-19-14)10-13(16)23-12-4-2-3-11(17)9-12/h2-4,6-7,9,13,22H,5,8,10H2,1H3,(H,18,19)/t13-,16-/m0/s1. The van der Waals surface area contributed by atoms with E-state index in [1.165, 1.54) is 24.4 Å². The summed E-state index contributed by atoms with van der Waals surface area (Å²) in [4.78, 5) is 20.6. The van der Waals surface area contributed by atoms with Crippen LogP contribution in [0.3, 0.4) is 0 Å². The van der Waals surface area contributed by atoms with E-state index in [2.05, 4.69) is 9.97 Å². The molecular weight excluding hydrogens is 301 g/mol. The average molecular weight is 319 g/mol. The molecule has 1 aromatic carbocycles. The van der Waals surface area contributed by atoms with Gasteiger partial charge in [0.05, 0.1) is 6.54 Å². The predicted octanol–water partition coefficient (Wildman–Crippen LogP) is 1.59. The maximum Gasteiger partial charge on any atom is 0.289 e. The fourth-order valence-electron chi connectivity index (χ4n) is 2.60. The molecule has 6 nitrogen and oxygen atoms in total. The second-order valence-electron chi connectivity index (χ2n) is 5.86. The number of halogens is 1. The summed E-state index contributed by atoms with van der Waals surface area (Å²) in [6.45, 7) is 2.25. The summed E-state index contributed by atoms with van der Waals surface area (Å²) in [5.74, 6) is -0.0987. The molecule has 122 valence electrons. The fraction of sp³-hybridized carbons (Fsp3) is 0.375. The van der Waals surface area contributed by atoms with Crippen molar-refractivity contribution in [3.8, 4) is 5.75 Å². The second kappa shape index (κ2) is 6.00. The first-order valence-corrected chi connectivity index (χ1v) is 7.39. The van der Waals surface area contributed by atoms with Gasteiger partial charge < -0.3 is 19.7 Å². The number of aromatic amines is 1. The van der Waals surface area contributed by atoms with Gasteiger partial charge in [0.1, 0.15) is 23.3 Å². The molecule has 0 spiro atoms. The molecule has 0 radical (unpaired) electrons. The third kappa shape index (κ3) is 3.34. The molecule has 0 bridgehead atoms. The van der Waals surface area contributed by atoms with Crippen molar-refractivity contribution in [3.63, 3.8) is 0 Å². The van der Waals surface area contributed by atoms with E-state index in [1.807, 2.05) is 0 Å². The molecule has 0 aliphatic carbocycles.